The van der Waals surface area contributed by atoms with Crippen LogP contribution in [0.3, 0.4) is 0 Å². The Balaban J connectivity index is 2.79. The molecule has 16 heavy (non-hydrogen) atoms. The number of benzene rings is 1. The molecule has 0 bridgehead atoms. The van der Waals surface area contributed by atoms with Crippen molar-refractivity contribution in [3.63, 3.8) is 0 Å². The van der Waals surface area contributed by atoms with Crippen LogP contribution in [-0.4, -0.2) is 16.4 Å². The third-order valence-electron chi connectivity index (χ3n) is 2.40. The number of ketones is 1. The quantitative estimate of drug-likeness (QED) is 0.595. The van der Waals surface area contributed by atoms with Gasteiger partial charge in [-0.2, -0.15) is 5.48 Å². The molecule has 0 saturated heterocycles. The van der Waals surface area contributed by atoms with Gasteiger partial charge >= 0.3 is 0 Å². The largest absolute Gasteiger partial charge is 0.316 e. The average Bonchev–Trinajstić information content (AvgIpc) is 2.31. The molecule has 3 nitrogen and oxygen atoms in total. The van der Waals surface area contributed by atoms with Crippen molar-refractivity contribution in [1.29, 1.82) is 0 Å². The minimum absolute atomic E-state index is 0.197. The first kappa shape index (κ1) is 13.2. The molecular weight excluding hydrogens is 226 g/mol. The van der Waals surface area contributed by atoms with E-state index in [0.717, 1.165) is 12.0 Å². The van der Waals surface area contributed by atoms with Crippen molar-refractivity contribution in [2.45, 2.75) is 31.2 Å². The molecule has 1 aromatic rings. The highest BCUT2D eigenvalue weighted by molar-refractivity contribution is 6.31. The first-order chi connectivity index (χ1) is 7.70. The smallest absolute Gasteiger partial charge is 0.174 e. The Labute approximate surface area is 100 Å². The molecule has 1 rings (SSSR count). The number of Topliss-reactive ketones (excluding diaryl/α,β-unsaturated/α-hetero) is 1. The van der Waals surface area contributed by atoms with Gasteiger partial charge in [0.05, 0.1) is 5.38 Å². The topological polar surface area (TPSA) is 49.3 Å². The Morgan fingerprint density at radius 2 is 2.06 bits per heavy atom. The molecule has 0 aliphatic carbocycles. The number of halogens is 1. The highest BCUT2D eigenvalue weighted by atomic mass is 35.5. The summed E-state index contributed by atoms with van der Waals surface area (Å²) < 4.78 is 0. The van der Waals surface area contributed by atoms with Crippen LogP contribution in [0.1, 0.15) is 31.4 Å². The SMILES string of the molecule is CCCC(Cl)C(=O)C(NO)c1ccccc1. The van der Waals surface area contributed by atoms with Gasteiger partial charge in [-0.1, -0.05) is 43.7 Å². The number of carbonyl (C=O) groups excluding carboxylic acids is 1. The molecule has 2 atom stereocenters. The lowest BCUT2D eigenvalue weighted by molar-refractivity contribution is -0.123. The van der Waals surface area contributed by atoms with Crippen molar-refractivity contribution in [2.75, 3.05) is 0 Å². The molecular formula is C12H16ClNO2. The molecule has 0 aliphatic heterocycles. The second-order valence-electron chi connectivity index (χ2n) is 3.63. The van der Waals surface area contributed by atoms with Crippen LogP contribution in [0.25, 0.3) is 0 Å². The van der Waals surface area contributed by atoms with E-state index in [4.69, 9.17) is 16.8 Å². The Morgan fingerprint density at radius 1 is 1.44 bits per heavy atom. The molecule has 2 N–H and O–H groups in total. The lowest BCUT2D eigenvalue weighted by atomic mass is 9.99. The van der Waals surface area contributed by atoms with E-state index in [1.54, 1.807) is 12.1 Å². The monoisotopic (exact) mass is 241 g/mol. The summed E-state index contributed by atoms with van der Waals surface area (Å²) in [5, 5.41) is 8.48. The summed E-state index contributed by atoms with van der Waals surface area (Å²) in [7, 11) is 0. The van der Waals surface area contributed by atoms with Gasteiger partial charge in [0.25, 0.3) is 0 Å². The molecule has 0 radical (unpaired) electrons. The zero-order valence-corrected chi connectivity index (χ0v) is 9.95. The minimum Gasteiger partial charge on any atom is -0.316 e. The zero-order valence-electron chi connectivity index (χ0n) is 9.19. The molecule has 0 heterocycles. The summed E-state index contributed by atoms with van der Waals surface area (Å²) in [6.45, 7) is 1.96. The average molecular weight is 242 g/mol. The fourth-order valence-corrected chi connectivity index (χ4v) is 1.87. The van der Waals surface area contributed by atoms with E-state index in [0.29, 0.717) is 6.42 Å². The van der Waals surface area contributed by atoms with Gasteiger partial charge in [0.15, 0.2) is 5.78 Å². The van der Waals surface area contributed by atoms with E-state index >= 15 is 0 Å². The summed E-state index contributed by atoms with van der Waals surface area (Å²) in [5.41, 5.74) is 2.74. The fourth-order valence-electron chi connectivity index (χ4n) is 1.52. The standard InChI is InChI=1S/C12H16ClNO2/c1-2-6-10(13)12(15)11(14-16)9-7-4-3-5-8-9/h3-5,7-8,10-11,14,16H,2,6H2,1H3. The van der Waals surface area contributed by atoms with Crippen LogP contribution in [0.4, 0.5) is 0 Å². The number of nitrogens with one attached hydrogen (secondary N) is 1. The van der Waals surface area contributed by atoms with E-state index in [2.05, 4.69) is 0 Å². The van der Waals surface area contributed by atoms with Crippen molar-refractivity contribution >= 4 is 17.4 Å². The van der Waals surface area contributed by atoms with Gasteiger partial charge in [-0.25, -0.2) is 0 Å². The first-order valence-corrected chi connectivity index (χ1v) is 5.76. The van der Waals surface area contributed by atoms with Gasteiger partial charge in [0, 0.05) is 0 Å². The fraction of sp³-hybridized carbons (Fsp3) is 0.417. The van der Waals surface area contributed by atoms with Crippen molar-refractivity contribution < 1.29 is 10.0 Å². The number of hydroxylamine groups is 1. The normalized spacial score (nSPS) is 14.4. The summed E-state index contributed by atoms with van der Waals surface area (Å²) in [6, 6.07) is 8.30. The van der Waals surface area contributed by atoms with Crippen LogP contribution in [0.5, 0.6) is 0 Å². The number of carbonyl (C=O) groups is 1. The second-order valence-corrected chi connectivity index (χ2v) is 4.16. The van der Waals surface area contributed by atoms with Crippen molar-refractivity contribution in [1.82, 2.24) is 5.48 Å². The van der Waals surface area contributed by atoms with E-state index in [9.17, 15) is 4.79 Å². The predicted molar refractivity (Wildman–Crippen MR) is 63.7 cm³/mol. The van der Waals surface area contributed by atoms with E-state index in [1.165, 1.54) is 0 Å². The van der Waals surface area contributed by atoms with Gasteiger partial charge in [0.2, 0.25) is 0 Å². The van der Waals surface area contributed by atoms with Crippen molar-refractivity contribution in [3.05, 3.63) is 35.9 Å². The summed E-state index contributed by atoms with van der Waals surface area (Å²) in [6.07, 6.45) is 1.46. The third-order valence-corrected chi connectivity index (χ3v) is 2.83. The van der Waals surface area contributed by atoms with E-state index < -0.39 is 11.4 Å². The molecule has 0 spiro atoms. The first-order valence-electron chi connectivity index (χ1n) is 5.33. The maximum atomic E-state index is 11.9. The number of alkyl halides is 1. The highest BCUT2D eigenvalue weighted by Gasteiger charge is 2.25. The van der Waals surface area contributed by atoms with Gasteiger partial charge < -0.3 is 5.21 Å². The lowest BCUT2D eigenvalue weighted by Crippen LogP contribution is -2.31. The van der Waals surface area contributed by atoms with Crippen LogP contribution < -0.4 is 5.48 Å². The van der Waals surface area contributed by atoms with Crippen LogP contribution in [0.2, 0.25) is 0 Å². The van der Waals surface area contributed by atoms with Crippen LogP contribution in [-0.2, 0) is 4.79 Å². The van der Waals surface area contributed by atoms with E-state index in [-0.39, 0.29) is 5.78 Å². The van der Waals surface area contributed by atoms with Gasteiger partial charge in [-0.15, -0.1) is 11.6 Å². The Hall–Kier alpha value is -0.900. The van der Waals surface area contributed by atoms with Crippen LogP contribution in [0.15, 0.2) is 30.3 Å². The Morgan fingerprint density at radius 3 is 2.56 bits per heavy atom. The number of rotatable bonds is 6. The molecule has 1 aromatic carbocycles. The van der Waals surface area contributed by atoms with Gasteiger partial charge in [0.1, 0.15) is 6.04 Å². The third kappa shape index (κ3) is 3.30. The van der Waals surface area contributed by atoms with Gasteiger partial charge in [-0.3, -0.25) is 4.79 Å². The lowest BCUT2D eigenvalue weighted by Gasteiger charge is -2.17. The summed E-state index contributed by atoms with van der Waals surface area (Å²) >= 11 is 5.95. The summed E-state index contributed by atoms with van der Waals surface area (Å²) in [4.78, 5) is 11.9. The van der Waals surface area contributed by atoms with Gasteiger partial charge in [-0.05, 0) is 12.0 Å². The number of hydrogen-bond donors (Lipinski definition) is 2. The van der Waals surface area contributed by atoms with Crippen molar-refractivity contribution in [2.24, 2.45) is 0 Å². The molecule has 88 valence electrons. The minimum atomic E-state index is -0.741. The Kier molecular flexibility index (Phi) is 5.46. The molecule has 0 amide bonds. The van der Waals surface area contributed by atoms with Crippen molar-refractivity contribution in [3.8, 4) is 0 Å². The molecule has 0 aliphatic rings. The molecule has 0 aromatic heterocycles. The summed E-state index contributed by atoms with van der Waals surface area (Å²) in [5.74, 6) is -0.197. The molecule has 2 unspecified atom stereocenters. The highest BCUT2D eigenvalue weighted by Crippen LogP contribution is 2.19. The van der Waals surface area contributed by atoms with Crippen LogP contribution in [0, 0.1) is 0 Å². The second kappa shape index (κ2) is 6.63. The van der Waals surface area contributed by atoms with E-state index in [1.807, 2.05) is 30.6 Å². The predicted octanol–water partition coefficient (Wildman–Crippen LogP) is 2.68. The molecule has 4 heteroatoms. The zero-order chi connectivity index (χ0) is 12.0. The number of hydrogen-bond acceptors (Lipinski definition) is 3. The molecule has 0 saturated carbocycles. The maximum Gasteiger partial charge on any atom is 0.174 e. The molecule has 0 fully saturated rings. The Bertz CT molecular complexity index is 329. The van der Waals surface area contributed by atoms with Crippen LogP contribution >= 0.6 is 11.6 Å². The maximum absolute atomic E-state index is 11.9.